The van der Waals surface area contributed by atoms with E-state index >= 15 is 0 Å². The number of aromatic nitrogens is 2. The summed E-state index contributed by atoms with van der Waals surface area (Å²) in [5, 5.41) is 13.5. The van der Waals surface area contributed by atoms with Crippen molar-refractivity contribution >= 4 is 5.91 Å². The number of hydrogen-bond acceptors (Lipinski definition) is 4. The van der Waals surface area contributed by atoms with Gasteiger partial charge in [-0.3, -0.25) is 9.69 Å². The second kappa shape index (κ2) is 8.12. The predicted octanol–water partition coefficient (Wildman–Crippen LogP) is 1.72. The highest BCUT2D eigenvalue weighted by molar-refractivity contribution is 5.77. The van der Waals surface area contributed by atoms with E-state index in [9.17, 15) is 9.90 Å². The zero-order valence-electron chi connectivity index (χ0n) is 15.5. The second-order valence-corrected chi connectivity index (χ2v) is 8.12. The number of likely N-dealkylation sites (tertiary alicyclic amines) is 1. The van der Waals surface area contributed by atoms with Crippen molar-refractivity contribution in [3.63, 3.8) is 0 Å². The Balaban J connectivity index is 1.71. The molecule has 0 saturated carbocycles. The van der Waals surface area contributed by atoms with Crippen LogP contribution >= 0.6 is 0 Å². The molecule has 0 bridgehead atoms. The first-order chi connectivity index (χ1) is 11.3. The van der Waals surface area contributed by atoms with Gasteiger partial charge in [0.2, 0.25) is 5.91 Å². The average Bonchev–Trinajstić information content (AvgIpc) is 2.92. The van der Waals surface area contributed by atoms with Gasteiger partial charge >= 0.3 is 0 Å². The van der Waals surface area contributed by atoms with Gasteiger partial charge in [0.05, 0.1) is 6.54 Å². The van der Waals surface area contributed by atoms with Gasteiger partial charge in [0, 0.05) is 26.0 Å². The molecule has 2 heterocycles. The molecular formula is C18H32N4O2. The number of nitrogens with one attached hydrogen (secondary N) is 1. The minimum atomic E-state index is -0.521. The summed E-state index contributed by atoms with van der Waals surface area (Å²) in [4.78, 5) is 18.5. The predicted molar refractivity (Wildman–Crippen MR) is 94.4 cm³/mol. The van der Waals surface area contributed by atoms with Crippen LogP contribution in [0.15, 0.2) is 12.4 Å². The number of aliphatic hydroxyl groups is 1. The number of amides is 1. The molecular weight excluding hydrogens is 304 g/mol. The van der Waals surface area contributed by atoms with E-state index in [-0.39, 0.29) is 17.2 Å². The maximum atomic E-state index is 12.0. The number of aryl methyl sites for hydroxylation is 1. The molecule has 6 heteroatoms. The van der Waals surface area contributed by atoms with Crippen molar-refractivity contribution in [1.29, 1.82) is 0 Å². The Labute approximate surface area is 145 Å². The van der Waals surface area contributed by atoms with Crippen LogP contribution in [0.4, 0.5) is 0 Å². The number of carbonyl (C=O) groups excluding carboxylic acids is 1. The quantitative estimate of drug-likeness (QED) is 0.830. The van der Waals surface area contributed by atoms with E-state index in [1.165, 1.54) is 0 Å². The smallest absolute Gasteiger partial charge is 0.234 e. The number of carbonyl (C=O) groups is 1. The fourth-order valence-corrected chi connectivity index (χ4v) is 3.14. The molecule has 1 aromatic rings. The molecule has 24 heavy (non-hydrogen) atoms. The lowest BCUT2D eigenvalue weighted by atomic mass is 9.90. The maximum Gasteiger partial charge on any atom is 0.234 e. The van der Waals surface area contributed by atoms with Crippen LogP contribution in [0, 0.1) is 11.3 Å². The standard InChI is InChI=1S/C18H32N4O2/c1-18(2,3)7-8-19-15(23)13-22-10-5-14(6-11-22)16(24)17-20-9-12-21(17)4/h9,12,14,16,24H,5-8,10-11,13H2,1-4H3,(H,19,23). The molecule has 1 aliphatic rings. The summed E-state index contributed by atoms with van der Waals surface area (Å²) in [5.41, 5.74) is 0.243. The zero-order chi connectivity index (χ0) is 17.7. The lowest BCUT2D eigenvalue weighted by molar-refractivity contribution is -0.122. The van der Waals surface area contributed by atoms with Crippen molar-refractivity contribution in [3.05, 3.63) is 18.2 Å². The first-order valence-electron chi connectivity index (χ1n) is 8.90. The molecule has 1 unspecified atom stereocenters. The van der Waals surface area contributed by atoms with E-state index in [0.717, 1.165) is 44.7 Å². The molecule has 1 fully saturated rings. The third-order valence-corrected chi connectivity index (χ3v) is 4.77. The van der Waals surface area contributed by atoms with E-state index in [1.807, 2.05) is 17.8 Å². The van der Waals surface area contributed by atoms with E-state index in [0.29, 0.717) is 6.54 Å². The van der Waals surface area contributed by atoms with Gasteiger partial charge in [-0.2, -0.15) is 0 Å². The number of piperidine rings is 1. The molecule has 136 valence electrons. The molecule has 1 aliphatic heterocycles. The topological polar surface area (TPSA) is 70.4 Å². The van der Waals surface area contributed by atoms with Crippen molar-refractivity contribution < 1.29 is 9.90 Å². The SMILES string of the molecule is Cn1ccnc1C(O)C1CCN(CC(=O)NCCC(C)(C)C)CC1. The van der Waals surface area contributed by atoms with E-state index in [1.54, 1.807) is 6.20 Å². The molecule has 6 nitrogen and oxygen atoms in total. The number of hydrogen-bond donors (Lipinski definition) is 2. The van der Waals surface area contributed by atoms with E-state index < -0.39 is 6.10 Å². The number of nitrogens with zero attached hydrogens (tertiary/aromatic N) is 3. The Hall–Kier alpha value is -1.40. The van der Waals surface area contributed by atoms with Gasteiger partial charge in [-0.25, -0.2) is 4.98 Å². The largest absolute Gasteiger partial charge is 0.385 e. The summed E-state index contributed by atoms with van der Waals surface area (Å²) in [6.45, 7) is 9.41. The molecule has 1 atom stereocenters. The van der Waals surface area contributed by atoms with Gasteiger partial charge in [0.25, 0.3) is 0 Å². The first-order valence-corrected chi connectivity index (χ1v) is 8.90. The monoisotopic (exact) mass is 336 g/mol. The zero-order valence-corrected chi connectivity index (χ0v) is 15.5. The third kappa shape index (κ3) is 5.60. The fraction of sp³-hybridized carbons (Fsp3) is 0.778. The van der Waals surface area contributed by atoms with Crippen LogP contribution in [0.3, 0.4) is 0 Å². The maximum absolute atomic E-state index is 12.0. The van der Waals surface area contributed by atoms with Crippen molar-refractivity contribution in [2.24, 2.45) is 18.4 Å². The minimum absolute atomic E-state index is 0.0994. The van der Waals surface area contributed by atoms with Crippen LogP contribution in [0.2, 0.25) is 0 Å². The van der Waals surface area contributed by atoms with Crippen molar-refractivity contribution in [2.75, 3.05) is 26.2 Å². The van der Waals surface area contributed by atoms with Gasteiger partial charge in [-0.1, -0.05) is 20.8 Å². The summed E-state index contributed by atoms with van der Waals surface area (Å²) in [6, 6.07) is 0. The van der Waals surface area contributed by atoms with Crippen LogP contribution in [0.5, 0.6) is 0 Å². The van der Waals surface area contributed by atoms with Crippen LogP contribution in [-0.2, 0) is 11.8 Å². The lowest BCUT2D eigenvalue weighted by Gasteiger charge is -2.33. The Morgan fingerprint density at radius 2 is 2.08 bits per heavy atom. The van der Waals surface area contributed by atoms with Crippen LogP contribution < -0.4 is 5.32 Å². The highest BCUT2D eigenvalue weighted by atomic mass is 16.3. The summed E-state index contributed by atoms with van der Waals surface area (Å²) in [5.74, 6) is 1.04. The van der Waals surface area contributed by atoms with Crippen LogP contribution in [-0.4, -0.2) is 51.6 Å². The molecule has 0 aliphatic carbocycles. The Bertz CT molecular complexity index is 527. The third-order valence-electron chi connectivity index (χ3n) is 4.77. The summed E-state index contributed by atoms with van der Waals surface area (Å²) in [6.07, 6.45) is 5.82. The molecule has 0 aromatic carbocycles. The van der Waals surface area contributed by atoms with Gasteiger partial charge in [0.1, 0.15) is 11.9 Å². The highest BCUT2D eigenvalue weighted by Gasteiger charge is 2.28. The van der Waals surface area contributed by atoms with Crippen molar-refractivity contribution in [3.8, 4) is 0 Å². The summed E-state index contributed by atoms with van der Waals surface area (Å²) < 4.78 is 1.87. The molecule has 0 radical (unpaired) electrons. The summed E-state index contributed by atoms with van der Waals surface area (Å²) >= 11 is 0. The van der Waals surface area contributed by atoms with Gasteiger partial charge in [-0.15, -0.1) is 0 Å². The van der Waals surface area contributed by atoms with Crippen LogP contribution in [0.1, 0.15) is 52.0 Å². The average molecular weight is 336 g/mol. The Morgan fingerprint density at radius 1 is 1.42 bits per heavy atom. The van der Waals surface area contributed by atoms with Crippen molar-refractivity contribution in [2.45, 2.75) is 46.1 Å². The van der Waals surface area contributed by atoms with Crippen LogP contribution in [0.25, 0.3) is 0 Å². The van der Waals surface area contributed by atoms with Gasteiger partial charge in [-0.05, 0) is 43.7 Å². The Kier molecular flexibility index (Phi) is 6.40. The normalized spacial score (nSPS) is 18.5. The van der Waals surface area contributed by atoms with Crippen molar-refractivity contribution in [1.82, 2.24) is 19.8 Å². The molecule has 2 rings (SSSR count). The number of rotatable bonds is 6. The van der Waals surface area contributed by atoms with Gasteiger partial charge < -0.3 is 15.0 Å². The van der Waals surface area contributed by atoms with Gasteiger partial charge in [0.15, 0.2) is 0 Å². The molecule has 0 spiro atoms. The second-order valence-electron chi connectivity index (χ2n) is 8.12. The number of aliphatic hydroxyl groups excluding tert-OH is 1. The minimum Gasteiger partial charge on any atom is -0.385 e. The lowest BCUT2D eigenvalue weighted by Crippen LogP contribution is -2.43. The fourth-order valence-electron chi connectivity index (χ4n) is 3.14. The summed E-state index contributed by atoms with van der Waals surface area (Å²) in [7, 11) is 1.91. The number of imidazole rings is 1. The Morgan fingerprint density at radius 3 is 2.62 bits per heavy atom. The molecule has 1 saturated heterocycles. The molecule has 1 aromatic heterocycles. The first kappa shape index (κ1) is 18.9. The van der Waals surface area contributed by atoms with E-state index in [4.69, 9.17) is 0 Å². The highest BCUT2D eigenvalue weighted by Crippen LogP contribution is 2.29. The molecule has 2 N–H and O–H groups in total. The molecule has 1 amide bonds. The van der Waals surface area contributed by atoms with E-state index in [2.05, 4.69) is 36.0 Å².